The van der Waals surface area contributed by atoms with Crippen LogP contribution in [0.15, 0.2) is 30.5 Å². The lowest BCUT2D eigenvalue weighted by Crippen LogP contribution is -3.14. The summed E-state index contributed by atoms with van der Waals surface area (Å²) in [6.45, 7) is 8.19. The average molecular weight is 285 g/mol. The SMILES string of the molecule is Cc1cn2c3ccccc3n(CC[NH+]3CCOCC3)c2n1. The Morgan fingerprint density at radius 3 is 2.76 bits per heavy atom. The molecule has 0 aliphatic carbocycles. The highest BCUT2D eigenvalue weighted by molar-refractivity contribution is 5.80. The molecule has 0 saturated carbocycles. The van der Waals surface area contributed by atoms with E-state index in [2.05, 4.69) is 46.4 Å². The van der Waals surface area contributed by atoms with Crippen LogP contribution in [0.4, 0.5) is 0 Å². The predicted molar refractivity (Wildman–Crippen MR) is 81.8 cm³/mol. The standard InChI is InChI=1S/C16H20N4O/c1-13-12-20-15-5-3-2-4-14(15)19(16(20)17-13)7-6-18-8-10-21-11-9-18/h2-5,12H,6-11H2,1H3/p+1. The van der Waals surface area contributed by atoms with Gasteiger partial charge in [0.25, 0.3) is 0 Å². The number of ether oxygens (including phenoxy) is 1. The number of nitrogens with zero attached hydrogens (tertiary/aromatic N) is 3. The Bertz CT molecular complexity index is 767. The van der Waals surface area contributed by atoms with Crippen molar-refractivity contribution in [3.05, 3.63) is 36.2 Å². The van der Waals surface area contributed by atoms with E-state index < -0.39 is 0 Å². The molecule has 5 heteroatoms. The van der Waals surface area contributed by atoms with Gasteiger partial charge in [-0.05, 0) is 19.1 Å². The second-order valence-electron chi connectivity index (χ2n) is 5.81. The molecule has 4 rings (SSSR count). The molecule has 1 saturated heterocycles. The van der Waals surface area contributed by atoms with Crippen molar-refractivity contribution < 1.29 is 9.64 Å². The number of rotatable bonds is 3. The quantitative estimate of drug-likeness (QED) is 0.761. The summed E-state index contributed by atoms with van der Waals surface area (Å²) >= 11 is 0. The molecule has 1 aromatic carbocycles. The van der Waals surface area contributed by atoms with Gasteiger partial charge >= 0.3 is 0 Å². The number of imidazole rings is 2. The van der Waals surface area contributed by atoms with E-state index in [4.69, 9.17) is 9.72 Å². The summed E-state index contributed by atoms with van der Waals surface area (Å²) in [4.78, 5) is 6.33. The third-order valence-electron chi connectivity index (χ3n) is 4.37. The number of nitrogens with one attached hydrogen (secondary N) is 1. The van der Waals surface area contributed by atoms with Crippen molar-refractivity contribution in [2.45, 2.75) is 13.5 Å². The summed E-state index contributed by atoms with van der Waals surface area (Å²) in [5.74, 6) is 1.06. The van der Waals surface area contributed by atoms with Gasteiger partial charge in [0, 0.05) is 6.20 Å². The van der Waals surface area contributed by atoms with Gasteiger partial charge in [-0.3, -0.25) is 4.40 Å². The van der Waals surface area contributed by atoms with E-state index in [0.717, 1.165) is 50.9 Å². The monoisotopic (exact) mass is 285 g/mol. The summed E-state index contributed by atoms with van der Waals surface area (Å²) in [6, 6.07) is 8.55. The van der Waals surface area contributed by atoms with Crippen LogP contribution in [-0.4, -0.2) is 46.8 Å². The lowest BCUT2D eigenvalue weighted by Gasteiger charge is -2.23. The fourth-order valence-corrected chi connectivity index (χ4v) is 3.26. The van der Waals surface area contributed by atoms with E-state index in [-0.39, 0.29) is 0 Å². The molecule has 2 aromatic heterocycles. The van der Waals surface area contributed by atoms with Crippen LogP contribution < -0.4 is 4.90 Å². The van der Waals surface area contributed by atoms with Crippen molar-refractivity contribution in [2.75, 3.05) is 32.8 Å². The third-order valence-corrected chi connectivity index (χ3v) is 4.37. The molecule has 110 valence electrons. The van der Waals surface area contributed by atoms with Crippen molar-refractivity contribution in [1.29, 1.82) is 0 Å². The largest absolute Gasteiger partial charge is 0.370 e. The zero-order valence-electron chi connectivity index (χ0n) is 12.4. The number of hydrogen-bond acceptors (Lipinski definition) is 2. The van der Waals surface area contributed by atoms with Gasteiger partial charge in [-0.25, -0.2) is 4.98 Å². The number of aromatic nitrogens is 3. The second-order valence-corrected chi connectivity index (χ2v) is 5.81. The van der Waals surface area contributed by atoms with Crippen LogP contribution in [0.2, 0.25) is 0 Å². The van der Waals surface area contributed by atoms with Crippen molar-refractivity contribution in [3.63, 3.8) is 0 Å². The fraction of sp³-hybridized carbons (Fsp3) is 0.438. The highest BCUT2D eigenvalue weighted by atomic mass is 16.5. The van der Waals surface area contributed by atoms with Gasteiger partial charge in [0.2, 0.25) is 5.78 Å². The van der Waals surface area contributed by atoms with Crippen molar-refractivity contribution >= 4 is 16.8 Å². The number of hydrogen-bond donors (Lipinski definition) is 1. The Labute approximate surface area is 123 Å². The molecule has 3 aromatic rings. The molecule has 1 aliphatic rings. The molecule has 1 aliphatic heterocycles. The normalized spacial score (nSPS) is 17.0. The van der Waals surface area contributed by atoms with Gasteiger partial charge in [-0.15, -0.1) is 0 Å². The molecule has 0 bridgehead atoms. The Morgan fingerprint density at radius 1 is 1.19 bits per heavy atom. The molecular weight excluding hydrogens is 264 g/mol. The summed E-state index contributed by atoms with van der Waals surface area (Å²) in [5, 5.41) is 0. The molecule has 0 radical (unpaired) electrons. The molecular formula is C16H21N4O+. The van der Waals surface area contributed by atoms with Crippen LogP contribution in [-0.2, 0) is 11.3 Å². The first-order valence-electron chi connectivity index (χ1n) is 7.67. The first-order chi connectivity index (χ1) is 10.3. The molecule has 21 heavy (non-hydrogen) atoms. The number of para-hydroxylation sites is 2. The van der Waals surface area contributed by atoms with Crippen molar-refractivity contribution in [1.82, 2.24) is 14.0 Å². The number of fused-ring (bicyclic) bond motifs is 3. The number of morpholine rings is 1. The Morgan fingerprint density at radius 2 is 1.95 bits per heavy atom. The zero-order valence-corrected chi connectivity index (χ0v) is 12.4. The van der Waals surface area contributed by atoms with Crippen LogP contribution in [0.25, 0.3) is 16.8 Å². The lowest BCUT2D eigenvalue weighted by molar-refractivity contribution is -0.908. The second kappa shape index (κ2) is 5.16. The maximum absolute atomic E-state index is 5.44. The van der Waals surface area contributed by atoms with Crippen molar-refractivity contribution in [2.24, 2.45) is 0 Å². The fourth-order valence-electron chi connectivity index (χ4n) is 3.26. The summed E-state index contributed by atoms with van der Waals surface area (Å²) in [5.41, 5.74) is 3.58. The maximum atomic E-state index is 5.44. The van der Waals surface area contributed by atoms with Gasteiger partial charge in [-0.1, -0.05) is 12.1 Å². The third kappa shape index (κ3) is 2.22. The maximum Gasteiger partial charge on any atom is 0.215 e. The van der Waals surface area contributed by atoms with E-state index >= 15 is 0 Å². The zero-order chi connectivity index (χ0) is 14.2. The average Bonchev–Trinajstić information content (AvgIpc) is 3.02. The van der Waals surface area contributed by atoms with E-state index in [1.54, 1.807) is 4.90 Å². The molecule has 5 nitrogen and oxygen atoms in total. The number of benzene rings is 1. The molecule has 1 N–H and O–H groups in total. The van der Waals surface area contributed by atoms with Gasteiger partial charge in [-0.2, -0.15) is 0 Å². The van der Waals surface area contributed by atoms with Gasteiger partial charge in [0.15, 0.2) is 0 Å². The van der Waals surface area contributed by atoms with Crippen LogP contribution >= 0.6 is 0 Å². The molecule has 3 heterocycles. The summed E-state index contributed by atoms with van der Waals surface area (Å²) in [7, 11) is 0. The Kier molecular flexibility index (Phi) is 3.16. The molecule has 1 fully saturated rings. The number of quaternary nitrogens is 1. The van der Waals surface area contributed by atoms with Crippen LogP contribution in [0, 0.1) is 6.92 Å². The minimum Gasteiger partial charge on any atom is -0.370 e. The topological polar surface area (TPSA) is 35.9 Å². The summed E-state index contributed by atoms with van der Waals surface area (Å²) in [6.07, 6.45) is 2.12. The predicted octanol–water partition coefficient (Wildman–Crippen LogP) is 0.513. The van der Waals surface area contributed by atoms with Crippen LogP contribution in [0.5, 0.6) is 0 Å². The van der Waals surface area contributed by atoms with Gasteiger partial charge < -0.3 is 14.2 Å². The minimum absolute atomic E-state index is 0.889. The van der Waals surface area contributed by atoms with Crippen LogP contribution in [0.3, 0.4) is 0 Å². The Balaban J connectivity index is 1.71. The van der Waals surface area contributed by atoms with E-state index in [1.807, 2.05) is 0 Å². The first kappa shape index (κ1) is 12.9. The summed E-state index contributed by atoms with van der Waals surface area (Å²) < 4.78 is 10.00. The van der Waals surface area contributed by atoms with Gasteiger partial charge in [0.1, 0.15) is 13.1 Å². The Hall–Kier alpha value is -1.85. The molecule has 0 amide bonds. The molecule has 0 spiro atoms. The minimum atomic E-state index is 0.889. The van der Waals surface area contributed by atoms with Gasteiger partial charge in [0.05, 0.1) is 43.0 Å². The van der Waals surface area contributed by atoms with E-state index in [9.17, 15) is 0 Å². The highest BCUT2D eigenvalue weighted by Gasteiger charge is 2.16. The van der Waals surface area contributed by atoms with E-state index in [1.165, 1.54) is 11.0 Å². The highest BCUT2D eigenvalue weighted by Crippen LogP contribution is 2.20. The first-order valence-corrected chi connectivity index (χ1v) is 7.67. The number of aryl methyl sites for hydroxylation is 1. The van der Waals surface area contributed by atoms with Crippen molar-refractivity contribution in [3.8, 4) is 0 Å². The lowest BCUT2D eigenvalue weighted by atomic mass is 10.3. The smallest absolute Gasteiger partial charge is 0.215 e. The van der Waals surface area contributed by atoms with Crippen LogP contribution in [0.1, 0.15) is 5.69 Å². The molecule has 0 atom stereocenters. The van der Waals surface area contributed by atoms with E-state index in [0.29, 0.717) is 0 Å². The molecule has 0 unspecified atom stereocenters.